The topological polar surface area (TPSA) is 9.23 Å². The van der Waals surface area contributed by atoms with Crippen molar-refractivity contribution in [2.24, 2.45) is 0 Å². The van der Waals surface area contributed by atoms with Crippen molar-refractivity contribution in [3.8, 4) is 0 Å². The Kier molecular flexibility index (Phi) is 12.8. The summed E-state index contributed by atoms with van der Waals surface area (Å²) < 4.78 is 5.86. The van der Waals surface area contributed by atoms with Crippen molar-refractivity contribution in [3.63, 3.8) is 0 Å². The zero-order valence-corrected chi connectivity index (χ0v) is 14.5. The number of hydrogen-bond acceptors (Lipinski definition) is 1. The summed E-state index contributed by atoms with van der Waals surface area (Å²) in [6.45, 7) is 7.57. The van der Waals surface area contributed by atoms with Crippen LogP contribution in [0.2, 0.25) is 13.1 Å². The van der Waals surface area contributed by atoms with Crippen molar-refractivity contribution in [2.45, 2.75) is 84.2 Å². The van der Waals surface area contributed by atoms with Crippen molar-refractivity contribution in [1.29, 1.82) is 0 Å². The van der Waals surface area contributed by atoms with E-state index < -0.39 is 8.32 Å². The lowest BCUT2D eigenvalue weighted by molar-refractivity contribution is 0.297. The van der Waals surface area contributed by atoms with E-state index in [-0.39, 0.29) is 0 Å². The first-order chi connectivity index (χ1) is 8.62. The SMILES string of the molecule is CCCCCCCCCCCCO[Si](C)(C)CCl. The van der Waals surface area contributed by atoms with Gasteiger partial charge in [0.05, 0.1) is 0 Å². The molecule has 0 spiro atoms. The van der Waals surface area contributed by atoms with Gasteiger partial charge in [-0.15, -0.1) is 11.6 Å². The Morgan fingerprint density at radius 3 is 1.67 bits per heavy atom. The van der Waals surface area contributed by atoms with Crippen molar-refractivity contribution < 1.29 is 4.43 Å². The molecule has 0 radical (unpaired) electrons. The molecule has 110 valence electrons. The van der Waals surface area contributed by atoms with E-state index in [2.05, 4.69) is 20.0 Å². The molecule has 0 aliphatic heterocycles. The average molecular weight is 293 g/mol. The summed E-state index contributed by atoms with van der Waals surface area (Å²) in [5, 5.41) is 0. The molecule has 0 heterocycles. The molecule has 3 heteroatoms. The van der Waals surface area contributed by atoms with Gasteiger partial charge in [0, 0.05) is 12.1 Å². The van der Waals surface area contributed by atoms with Crippen LogP contribution in [0, 0.1) is 0 Å². The van der Waals surface area contributed by atoms with Crippen LogP contribution in [0.25, 0.3) is 0 Å². The van der Waals surface area contributed by atoms with Gasteiger partial charge >= 0.3 is 0 Å². The van der Waals surface area contributed by atoms with Gasteiger partial charge in [-0.3, -0.25) is 0 Å². The van der Waals surface area contributed by atoms with E-state index in [1.54, 1.807) is 0 Å². The number of rotatable bonds is 13. The quantitative estimate of drug-likeness (QED) is 0.233. The molecule has 0 fully saturated rings. The van der Waals surface area contributed by atoms with E-state index >= 15 is 0 Å². The molecule has 0 atom stereocenters. The molecule has 0 bridgehead atoms. The summed E-state index contributed by atoms with van der Waals surface area (Å²) in [5.41, 5.74) is 0.713. The molecule has 0 saturated carbocycles. The third-order valence-electron chi connectivity index (χ3n) is 3.31. The Balaban J connectivity index is 3.08. The minimum absolute atomic E-state index is 0.713. The summed E-state index contributed by atoms with van der Waals surface area (Å²) in [4.78, 5) is 0. The van der Waals surface area contributed by atoms with Gasteiger partial charge in [0.15, 0.2) is 0 Å². The van der Waals surface area contributed by atoms with E-state index in [1.807, 2.05) is 0 Å². The number of hydrogen-bond donors (Lipinski definition) is 0. The normalized spacial score (nSPS) is 12.0. The van der Waals surface area contributed by atoms with E-state index in [0.717, 1.165) is 6.61 Å². The third-order valence-corrected chi connectivity index (χ3v) is 6.87. The molecule has 18 heavy (non-hydrogen) atoms. The fourth-order valence-corrected chi connectivity index (χ4v) is 2.98. The van der Waals surface area contributed by atoms with Gasteiger partial charge < -0.3 is 4.43 Å². The van der Waals surface area contributed by atoms with Crippen LogP contribution in [-0.2, 0) is 4.43 Å². The van der Waals surface area contributed by atoms with Gasteiger partial charge in [-0.05, 0) is 19.5 Å². The lowest BCUT2D eigenvalue weighted by Gasteiger charge is -2.19. The zero-order chi connectivity index (χ0) is 13.7. The van der Waals surface area contributed by atoms with Gasteiger partial charge in [0.1, 0.15) is 0 Å². The molecule has 0 aromatic rings. The van der Waals surface area contributed by atoms with Crippen LogP contribution < -0.4 is 0 Å². The molecule has 0 N–H and O–H groups in total. The van der Waals surface area contributed by atoms with Crippen LogP contribution in [-0.4, -0.2) is 20.4 Å². The standard InChI is InChI=1S/C15H33ClOSi/c1-4-5-6-7-8-9-10-11-12-13-14-17-18(2,3)15-16/h4-15H2,1-3H3. The van der Waals surface area contributed by atoms with Gasteiger partial charge in [0.2, 0.25) is 8.32 Å². The van der Waals surface area contributed by atoms with Crippen molar-refractivity contribution in [1.82, 2.24) is 0 Å². The Labute approximate surface area is 121 Å². The molecule has 0 rings (SSSR count). The van der Waals surface area contributed by atoms with Crippen LogP contribution in [0.1, 0.15) is 71.1 Å². The van der Waals surface area contributed by atoms with E-state index in [4.69, 9.17) is 16.0 Å². The third kappa shape index (κ3) is 12.9. The maximum atomic E-state index is 5.86. The average Bonchev–Trinajstić information content (AvgIpc) is 2.36. The first kappa shape index (κ1) is 18.5. The molecule has 0 unspecified atom stereocenters. The molecule has 0 aliphatic rings. The van der Waals surface area contributed by atoms with Crippen LogP contribution in [0.3, 0.4) is 0 Å². The molecule has 0 amide bonds. The molecule has 0 aliphatic carbocycles. The molecule has 1 nitrogen and oxygen atoms in total. The fourth-order valence-electron chi connectivity index (χ4n) is 1.98. The second-order valence-electron chi connectivity index (χ2n) is 5.92. The maximum Gasteiger partial charge on any atom is 0.201 e. The molecular formula is C15H33ClOSi. The number of alkyl halides is 1. The number of unbranched alkanes of at least 4 members (excludes halogenated alkanes) is 9. The van der Waals surface area contributed by atoms with E-state index in [1.165, 1.54) is 64.2 Å². The zero-order valence-electron chi connectivity index (χ0n) is 12.8. The second kappa shape index (κ2) is 12.5. The molecule has 0 saturated heterocycles. The Morgan fingerprint density at radius 1 is 0.778 bits per heavy atom. The highest BCUT2D eigenvalue weighted by molar-refractivity contribution is 6.77. The van der Waals surface area contributed by atoms with Gasteiger partial charge in [-0.2, -0.15) is 0 Å². The first-order valence-corrected chi connectivity index (χ1v) is 11.5. The predicted octanol–water partition coefficient (Wildman–Crippen LogP) is 5.91. The van der Waals surface area contributed by atoms with Crippen LogP contribution in [0.4, 0.5) is 0 Å². The molecular weight excluding hydrogens is 260 g/mol. The van der Waals surface area contributed by atoms with Gasteiger partial charge in [0.25, 0.3) is 0 Å². The van der Waals surface area contributed by atoms with Crippen LogP contribution >= 0.6 is 11.6 Å². The number of halogens is 1. The Hall–Kier alpha value is 0.467. The Bertz CT molecular complexity index is 174. The lowest BCUT2D eigenvalue weighted by Crippen LogP contribution is -2.33. The maximum absolute atomic E-state index is 5.86. The van der Waals surface area contributed by atoms with Crippen molar-refractivity contribution in [3.05, 3.63) is 0 Å². The summed E-state index contributed by atoms with van der Waals surface area (Å²) in [6.07, 6.45) is 13.8. The minimum atomic E-state index is -1.51. The highest BCUT2D eigenvalue weighted by Gasteiger charge is 2.19. The summed E-state index contributed by atoms with van der Waals surface area (Å²) >= 11 is 5.86. The highest BCUT2D eigenvalue weighted by atomic mass is 35.5. The highest BCUT2D eigenvalue weighted by Crippen LogP contribution is 2.12. The van der Waals surface area contributed by atoms with Crippen LogP contribution in [0.5, 0.6) is 0 Å². The fraction of sp³-hybridized carbons (Fsp3) is 1.00. The van der Waals surface area contributed by atoms with E-state index in [9.17, 15) is 0 Å². The van der Waals surface area contributed by atoms with Crippen molar-refractivity contribution in [2.75, 3.05) is 12.1 Å². The minimum Gasteiger partial charge on any atom is -0.416 e. The molecule has 0 aromatic carbocycles. The summed E-state index contributed by atoms with van der Waals surface area (Å²) in [7, 11) is -1.51. The Morgan fingerprint density at radius 2 is 1.22 bits per heavy atom. The predicted molar refractivity (Wildman–Crippen MR) is 86.0 cm³/mol. The lowest BCUT2D eigenvalue weighted by atomic mass is 10.1. The smallest absolute Gasteiger partial charge is 0.201 e. The van der Waals surface area contributed by atoms with Gasteiger partial charge in [-0.1, -0.05) is 64.7 Å². The van der Waals surface area contributed by atoms with Gasteiger partial charge in [-0.25, -0.2) is 0 Å². The second-order valence-corrected chi connectivity index (χ2v) is 10.8. The monoisotopic (exact) mass is 292 g/mol. The van der Waals surface area contributed by atoms with E-state index in [0.29, 0.717) is 5.50 Å². The largest absolute Gasteiger partial charge is 0.416 e. The first-order valence-electron chi connectivity index (χ1n) is 7.82. The summed E-state index contributed by atoms with van der Waals surface area (Å²) in [6, 6.07) is 0. The van der Waals surface area contributed by atoms with Crippen molar-refractivity contribution >= 4 is 19.9 Å². The molecule has 0 aromatic heterocycles. The summed E-state index contributed by atoms with van der Waals surface area (Å²) in [5.74, 6) is 0. The van der Waals surface area contributed by atoms with Crippen LogP contribution in [0.15, 0.2) is 0 Å².